The number of benzene rings is 1. The molecule has 0 saturated heterocycles. The number of nitrogens with one attached hydrogen (secondary N) is 2. The van der Waals surface area contributed by atoms with Gasteiger partial charge in [0.25, 0.3) is 0 Å². The second kappa shape index (κ2) is 6.38. The lowest BCUT2D eigenvalue weighted by Gasteiger charge is -2.10. The van der Waals surface area contributed by atoms with Crippen LogP contribution in [0.25, 0.3) is 0 Å². The summed E-state index contributed by atoms with van der Waals surface area (Å²) in [6, 6.07) is 4.51. The monoisotopic (exact) mass is 296 g/mol. The van der Waals surface area contributed by atoms with Gasteiger partial charge in [-0.2, -0.15) is 4.98 Å². The molecule has 1 aromatic carbocycles. The third kappa shape index (κ3) is 3.27. The number of ether oxygens (including phenoxy) is 1. The number of rotatable bonds is 5. The number of hydrogen-bond donors (Lipinski definition) is 2. The molecule has 2 N–H and O–H groups in total. The SMILES string of the molecule is CCNc1ncc(Cl)c(Nc2ccc(OC)c(F)c2)n1. The van der Waals surface area contributed by atoms with Crippen LogP contribution in [-0.4, -0.2) is 23.6 Å². The molecule has 0 atom stereocenters. The molecule has 0 aliphatic rings. The van der Waals surface area contributed by atoms with Crippen molar-refractivity contribution in [2.45, 2.75) is 6.92 Å². The van der Waals surface area contributed by atoms with Crippen molar-refractivity contribution in [3.05, 3.63) is 35.2 Å². The second-order valence-electron chi connectivity index (χ2n) is 3.89. The summed E-state index contributed by atoms with van der Waals surface area (Å²) < 4.78 is 18.5. The van der Waals surface area contributed by atoms with Gasteiger partial charge in [-0.25, -0.2) is 9.37 Å². The minimum atomic E-state index is -0.463. The molecule has 0 aliphatic heterocycles. The van der Waals surface area contributed by atoms with Crippen LogP contribution in [0.4, 0.5) is 21.8 Å². The fourth-order valence-corrected chi connectivity index (χ4v) is 1.72. The lowest BCUT2D eigenvalue weighted by atomic mass is 10.3. The fraction of sp³-hybridized carbons (Fsp3) is 0.231. The first-order valence-corrected chi connectivity index (χ1v) is 6.38. The quantitative estimate of drug-likeness (QED) is 0.885. The van der Waals surface area contributed by atoms with Crippen molar-refractivity contribution in [2.75, 3.05) is 24.3 Å². The van der Waals surface area contributed by atoms with Gasteiger partial charge in [-0.3, -0.25) is 0 Å². The van der Waals surface area contributed by atoms with Crippen molar-refractivity contribution >= 4 is 29.1 Å². The molecule has 0 radical (unpaired) electrons. The van der Waals surface area contributed by atoms with E-state index < -0.39 is 5.82 Å². The molecular weight excluding hydrogens is 283 g/mol. The Kier molecular flexibility index (Phi) is 4.57. The summed E-state index contributed by atoms with van der Waals surface area (Å²) in [7, 11) is 1.41. The molecule has 0 aliphatic carbocycles. The topological polar surface area (TPSA) is 59.1 Å². The molecule has 1 heterocycles. The Labute approximate surface area is 121 Å². The predicted octanol–water partition coefficient (Wildman–Crippen LogP) is 3.45. The van der Waals surface area contributed by atoms with Crippen molar-refractivity contribution in [1.29, 1.82) is 0 Å². The zero-order valence-corrected chi connectivity index (χ0v) is 11.8. The van der Waals surface area contributed by atoms with E-state index in [0.717, 1.165) is 0 Å². The first-order chi connectivity index (χ1) is 9.63. The Morgan fingerprint density at radius 3 is 2.85 bits per heavy atom. The molecule has 0 fully saturated rings. The van der Waals surface area contributed by atoms with E-state index in [1.54, 1.807) is 6.07 Å². The van der Waals surface area contributed by atoms with Crippen LogP contribution < -0.4 is 15.4 Å². The van der Waals surface area contributed by atoms with Crippen molar-refractivity contribution in [1.82, 2.24) is 9.97 Å². The van der Waals surface area contributed by atoms with Crippen molar-refractivity contribution in [3.63, 3.8) is 0 Å². The molecule has 0 spiro atoms. The molecule has 2 aromatic rings. The van der Waals surface area contributed by atoms with Crippen molar-refractivity contribution in [2.24, 2.45) is 0 Å². The number of anilines is 3. The number of aromatic nitrogens is 2. The zero-order chi connectivity index (χ0) is 14.5. The second-order valence-corrected chi connectivity index (χ2v) is 4.30. The molecule has 0 amide bonds. The van der Waals surface area contributed by atoms with E-state index in [-0.39, 0.29) is 5.75 Å². The van der Waals surface area contributed by atoms with Gasteiger partial charge in [0.1, 0.15) is 5.02 Å². The highest BCUT2D eigenvalue weighted by Gasteiger charge is 2.08. The Hall–Kier alpha value is -2.08. The Balaban J connectivity index is 2.24. The molecular formula is C13H14ClFN4O. The third-order valence-corrected chi connectivity index (χ3v) is 2.77. The van der Waals surface area contributed by atoms with Crippen molar-refractivity contribution < 1.29 is 9.13 Å². The highest BCUT2D eigenvalue weighted by Crippen LogP contribution is 2.26. The van der Waals surface area contributed by atoms with Crippen LogP contribution in [0.5, 0.6) is 5.75 Å². The molecule has 0 saturated carbocycles. The molecule has 20 heavy (non-hydrogen) atoms. The summed E-state index contributed by atoms with van der Waals surface area (Å²) in [5.74, 6) is 0.572. The van der Waals surface area contributed by atoms with E-state index >= 15 is 0 Å². The predicted molar refractivity (Wildman–Crippen MR) is 77.4 cm³/mol. The molecule has 2 rings (SSSR count). The van der Waals surface area contributed by atoms with Crippen LogP contribution >= 0.6 is 11.6 Å². The summed E-state index contributed by atoms with van der Waals surface area (Å²) in [4.78, 5) is 8.24. The summed E-state index contributed by atoms with van der Waals surface area (Å²) in [6.07, 6.45) is 1.48. The van der Waals surface area contributed by atoms with E-state index in [1.807, 2.05) is 6.92 Å². The summed E-state index contributed by atoms with van der Waals surface area (Å²) >= 11 is 6.01. The Morgan fingerprint density at radius 2 is 2.20 bits per heavy atom. The van der Waals surface area contributed by atoms with Gasteiger partial charge in [0.2, 0.25) is 5.95 Å². The van der Waals surface area contributed by atoms with Gasteiger partial charge in [-0.1, -0.05) is 11.6 Å². The van der Waals surface area contributed by atoms with Crippen LogP contribution in [0.2, 0.25) is 5.02 Å². The van der Waals surface area contributed by atoms with Gasteiger partial charge in [0.15, 0.2) is 17.4 Å². The molecule has 0 bridgehead atoms. The maximum absolute atomic E-state index is 13.6. The lowest BCUT2D eigenvalue weighted by Crippen LogP contribution is -2.04. The van der Waals surface area contributed by atoms with Gasteiger partial charge in [0.05, 0.1) is 13.3 Å². The van der Waals surface area contributed by atoms with Crippen LogP contribution in [0.15, 0.2) is 24.4 Å². The standard InChI is InChI=1S/C13H14ClFN4O/c1-3-16-13-17-7-9(14)12(19-13)18-8-4-5-11(20-2)10(15)6-8/h4-7H,3H2,1-2H3,(H2,16,17,18,19). The average molecular weight is 297 g/mol. The highest BCUT2D eigenvalue weighted by molar-refractivity contribution is 6.32. The molecule has 5 nitrogen and oxygen atoms in total. The smallest absolute Gasteiger partial charge is 0.224 e. The number of halogens is 2. The van der Waals surface area contributed by atoms with Crippen LogP contribution in [0.3, 0.4) is 0 Å². The van der Waals surface area contributed by atoms with Gasteiger partial charge in [0, 0.05) is 18.3 Å². The number of hydrogen-bond acceptors (Lipinski definition) is 5. The summed E-state index contributed by atoms with van der Waals surface area (Å²) in [5.41, 5.74) is 0.520. The normalized spacial score (nSPS) is 10.2. The van der Waals surface area contributed by atoms with Gasteiger partial charge in [-0.15, -0.1) is 0 Å². The minimum absolute atomic E-state index is 0.178. The van der Waals surface area contributed by atoms with Gasteiger partial charge < -0.3 is 15.4 Å². The van der Waals surface area contributed by atoms with Crippen molar-refractivity contribution in [3.8, 4) is 5.75 Å². The van der Waals surface area contributed by atoms with E-state index in [0.29, 0.717) is 29.0 Å². The van der Waals surface area contributed by atoms with Crippen LogP contribution in [0.1, 0.15) is 6.92 Å². The van der Waals surface area contributed by atoms with Gasteiger partial charge >= 0.3 is 0 Å². The maximum atomic E-state index is 13.6. The van der Waals surface area contributed by atoms with Crippen LogP contribution in [-0.2, 0) is 0 Å². The average Bonchev–Trinajstić information content (AvgIpc) is 2.43. The fourth-order valence-electron chi connectivity index (χ4n) is 1.58. The maximum Gasteiger partial charge on any atom is 0.224 e. The molecule has 106 valence electrons. The van der Waals surface area contributed by atoms with E-state index in [1.165, 1.54) is 25.4 Å². The molecule has 0 unspecified atom stereocenters. The number of nitrogens with zero attached hydrogens (tertiary/aromatic N) is 2. The minimum Gasteiger partial charge on any atom is -0.494 e. The largest absolute Gasteiger partial charge is 0.494 e. The molecule has 7 heteroatoms. The zero-order valence-electron chi connectivity index (χ0n) is 11.1. The van der Waals surface area contributed by atoms with Gasteiger partial charge in [-0.05, 0) is 19.1 Å². The number of methoxy groups -OCH3 is 1. The highest BCUT2D eigenvalue weighted by atomic mass is 35.5. The third-order valence-electron chi connectivity index (χ3n) is 2.49. The summed E-state index contributed by atoms with van der Waals surface area (Å²) in [5, 5.41) is 6.27. The first kappa shape index (κ1) is 14.3. The summed E-state index contributed by atoms with van der Waals surface area (Å²) in [6.45, 7) is 2.63. The van der Waals surface area contributed by atoms with Crippen LogP contribution in [0, 0.1) is 5.82 Å². The van der Waals surface area contributed by atoms with E-state index in [2.05, 4.69) is 20.6 Å². The van der Waals surface area contributed by atoms with E-state index in [4.69, 9.17) is 16.3 Å². The first-order valence-electron chi connectivity index (χ1n) is 6.01. The Morgan fingerprint density at radius 1 is 1.40 bits per heavy atom. The van der Waals surface area contributed by atoms with E-state index in [9.17, 15) is 4.39 Å². The molecule has 1 aromatic heterocycles. The lowest BCUT2D eigenvalue weighted by molar-refractivity contribution is 0.386. The Bertz CT molecular complexity index is 609.